The normalized spacial score (nSPS) is 16.9. The molecule has 1 saturated heterocycles. The van der Waals surface area contributed by atoms with Gasteiger partial charge in [-0.05, 0) is 19.4 Å². The lowest BCUT2D eigenvalue weighted by atomic mass is 10.0. The van der Waals surface area contributed by atoms with Crippen molar-refractivity contribution in [2.45, 2.75) is 26.1 Å². The number of hydrogen-bond acceptors (Lipinski definition) is 4. The number of benzene rings is 1. The second-order valence-corrected chi connectivity index (χ2v) is 8.19. The molecule has 0 aliphatic carbocycles. The van der Waals surface area contributed by atoms with E-state index >= 15 is 8.78 Å². The summed E-state index contributed by atoms with van der Waals surface area (Å²) in [7, 11) is 1.19. The standard InChI is InChI=1S/C24H25F5N4O2/c1-5-14(6-2)20-17(25)10-18(33-8-7-30-13(3)11-33)22(21(20)26)31-23(35)15-12-32(4)19(34)9-16(15)24(27,28)29/h5-6,9-10,12-13,30H,1,7-8,11H2,2-4H3,(H,31,35)/b14-6+/t13-/m0/s1. The number of aromatic nitrogens is 1. The van der Waals surface area contributed by atoms with Crippen molar-refractivity contribution in [3.63, 3.8) is 0 Å². The summed E-state index contributed by atoms with van der Waals surface area (Å²) in [6, 6.07) is 1.30. The zero-order valence-corrected chi connectivity index (χ0v) is 19.4. The molecule has 11 heteroatoms. The third kappa shape index (κ3) is 5.29. The Balaban J connectivity index is 2.21. The van der Waals surface area contributed by atoms with E-state index in [1.807, 2.05) is 6.92 Å². The third-order valence-corrected chi connectivity index (χ3v) is 5.74. The highest BCUT2D eigenvalue weighted by molar-refractivity contribution is 6.07. The predicted octanol–water partition coefficient (Wildman–Crippen LogP) is 4.32. The summed E-state index contributed by atoms with van der Waals surface area (Å²) in [5, 5.41) is 5.40. The van der Waals surface area contributed by atoms with Gasteiger partial charge in [0.15, 0.2) is 5.82 Å². The predicted molar refractivity (Wildman–Crippen MR) is 125 cm³/mol. The van der Waals surface area contributed by atoms with Gasteiger partial charge in [-0.15, -0.1) is 0 Å². The fraction of sp³-hybridized carbons (Fsp3) is 0.333. The largest absolute Gasteiger partial charge is 0.417 e. The summed E-state index contributed by atoms with van der Waals surface area (Å²) < 4.78 is 72.4. The van der Waals surface area contributed by atoms with Crippen LogP contribution in [0.5, 0.6) is 0 Å². The summed E-state index contributed by atoms with van der Waals surface area (Å²) in [5.74, 6) is -3.35. The van der Waals surface area contributed by atoms with Crippen LogP contribution in [0.15, 0.2) is 41.9 Å². The molecule has 35 heavy (non-hydrogen) atoms. The van der Waals surface area contributed by atoms with Crippen LogP contribution in [0.2, 0.25) is 0 Å². The molecule has 1 aliphatic heterocycles. The number of hydrogen-bond donors (Lipinski definition) is 2. The molecule has 6 nitrogen and oxygen atoms in total. The molecule has 1 fully saturated rings. The van der Waals surface area contributed by atoms with E-state index in [1.54, 1.807) is 11.8 Å². The van der Waals surface area contributed by atoms with Crippen molar-refractivity contribution >= 4 is 22.9 Å². The van der Waals surface area contributed by atoms with Crippen molar-refractivity contribution in [2.24, 2.45) is 7.05 Å². The second-order valence-electron chi connectivity index (χ2n) is 8.19. The lowest BCUT2D eigenvalue weighted by Gasteiger charge is -2.35. The average Bonchev–Trinajstić information content (AvgIpc) is 2.79. The van der Waals surface area contributed by atoms with Gasteiger partial charge in [-0.1, -0.05) is 18.7 Å². The van der Waals surface area contributed by atoms with Gasteiger partial charge < -0.3 is 20.1 Å². The van der Waals surface area contributed by atoms with Gasteiger partial charge in [0.25, 0.3) is 11.5 Å². The Bertz CT molecular complexity index is 1250. The van der Waals surface area contributed by atoms with Gasteiger partial charge in [0.1, 0.15) is 11.5 Å². The van der Waals surface area contributed by atoms with Crippen molar-refractivity contribution in [1.29, 1.82) is 0 Å². The highest BCUT2D eigenvalue weighted by Gasteiger charge is 2.37. The van der Waals surface area contributed by atoms with Crippen LogP contribution in [0.4, 0.5) is 33.3 Å². The van der Waals surface area contributed by atoms with E-state index in [1.165, 1.54) is 19.2 Å². The number of carbonyl (C=O) groups excluding carboxylic acids is 1. The van der Waals surface area contributed by atoms with E-state index in [2.05, 4.69) is 17.2 Å². The fourth-order valence-electron chi connectivity index (χ4n) is 3.98. The van der Waals surface area contributed by atoms with Gasteiger partial charge in [-0.2, -0.15) is 13.2 Å². The van der Waals surface area contributed by atoms with Crippen LogP contribution in [0.3, 0.4) is 0 Å². The topological polar surface area (TPSA) is 66.4 Å². The van der Waals surface area contributed by atoms with Crippen LogP contribution in [0.25, 0.3) is 5.57 Å². The van der Waals surface area contributed by atoms with E-state index in [4.69, 9.17) is 0 Å². The summed E-state index contributed by atoms with van der Waals surface area (Å²) in [6.45, 7) is 8.12. The molecular weight excluding hydrogens is 471 g/mol. The number of amides is 1. The SMILES string of the molecule is C=C/C(=C\C)c1c(F)cc(N2CCN[C@@H](C)C2)c(NC(=O)c2cn(C)c(=O)cc2C(F)(F)F)c1F. The summed E-state index contributed by atoms with van der Waals surface area (Å²) >= 11 is 0. The molecule has 188 valence electrons. The maximum atomic E-state index is 15.8. The zero-order chi connectivity index (χ0) is 26.1. The Kier molecular flexibility index (Phi) is 7.49. The highest BCUT2D eigenvalue weighted by Crippen LogP contribution is 2.38. The summed E-state index contributed by atoms with van der Waals surface area (Å²) in [4.78, 5) is 26.5. The Hall–Kier alpha value is -3.47. The molecule has 1 amide bonds. The van der Waals surface area contributed by atoms with Crippen molar-refractivity contribution in [2.75, 3.05) is 29.9 Å². The molecule has 1 aliphatic rings. The van der Waals surface area contributed by atoms with Crippen LogP contribution >= 0.6 is 0 Å². The number of piperazine rings is 1. The van der Waals surface area contributed by atoms with Crippen LogP contribution in [-0.4, -0.2) is 36.2 Å². The van der Waals surface area contributed by atoms with Crippen LogP contribution in [-0.2, 0) is 13.2 Å². The molecule has 0 unspecified atom stereocenters. The lowest BCUT2D eigenvalue weighted by Crippen LogP contribution is -2.49. The highest BCUT2D eigenvalue weighted by atomic mass is 19.4. The summed E-state index contributed by atoms with van der Waals surface area (Å²) in [5.41, 5.74) is -4.15. The van der Waals surface area contributed by atoms with Crippen molar-refractivity contribution < 1.29 is 26.7 Å². The first-order valence-corrected chi connectivity index (χ1v) is 10.8. The maximum absolute atomic E-state index is 15.8. The smallest absolute Gasteiger partial charge is 0.367 e. The molecule has 1 atom stereocenters. The van der Waals surface area contributed by atoms with Gasteiger partial charge in [0.2, 0.25) is 0 Å². The number of rotatable bonds is 5. The quantitative estimate of drug-likeness (QED) is 0.478. The zero-order valence-electron chi connectivity index (χ0n) is 19.4. The Labute approximate surface area is 198 Å². The number of alkyl halides is 3. The van der Waals surface area contributed by atoms with E-state index < -0.39 is 51.7 Å². The van der Waals surface area contributed by atoms with E-state index in [9.17, 15) is 22.8 Å². The lowest BCUT2D eigenvalue weighted by molar-refractivity contribution is -0.138. The number of carbonyl (C=O) groups is 1. The Morgan fingerprint density at radius 1 is 1.29 bits per heavy atom. The molecule has 3 rings (SSSR count). The Morgan fingerprint density at radius 3 is 2.54 bits per heavy atom. The molecule has 0 spiro atoms. The van der Waals surface area contributed by atoms with E-state index in [0.29, 0.717) is 25.7 Å². The number of nitrogens with zero attached hydrogens (tertiary/aromatic N) is 2. The average molecular weight is 496 g/mol. The van der Waals surface area contributed by atoms with Crippen molar-refractivity contribution in [3.05, 3.63) is 75.7 Å². The third-order valence-electron chi connectivity index (χ3n) is 5.74. The maximum Gasteiger partial charge on any atom is 0.417 e. The molecule has 1 aromatic carbocycles. The van der Waals surface area contributed by atoms with Gasteiger partial charge >= 0.3 is 6.18 Å². The van der Waals surface area contributed by atoms with Gasteiger partial charge in [0, 0.05) is 51.1 Å². The number of allylic oxidation sites excluding steroid dienone is 3. The molecular formula is C24H25F5N4O2. The molecule has 2 heterocycles. The molecule has 1 aromatic heterocycles. The number of anilines is 2. The number of aryl methyl sites for hydroxylation is 1. The van der Waals surface area contributed by atoms with E-state index in [-0.39, 0.29) is 17.3 Å². The molecule has 0 saturated carbocycles. The van der Waals surface area contributed by atoms with E-state index in [0.717, 1.165) is 16.8 Å². The molecule has 2 N–H and O–H groups in total. The van der Waals surface area contributed by atoms with Crippen molar-refractivity contribution in [3.8, 4) is 0 Å². The minimum atomic E-state index is -5.01. The molecule has 2 aromatic rings. The molecule has 0 bridgehead atoms. The Morgan fingerprint density at radius 2 is 1.97 bits per heavy atom. The second kappa shape index (κ2) is 10.0. The number of halogens is 5. The number of pyridine rings is 1. The summed E-state index contributed by atoms with van der Waals surface area (Å²) in [6.07, 6.45) is -1.63. The monoisotopic (exact) mass is 496 g/mol. The van der Waals surface area contributed by atoms with Crippen LogP contribution < -0.4 is 21.1 Å². The minimum Gasteiger partial charge on any atom is -0.367 e. The van der Waals surface area contributed by atoms with Crippen LogP contribution in [0, 0.1) is 11.6 Å². The van der Waals surface area contributed by atoms with Gasteiger partial charge in [0.05, 0.1) is 22.4 Å². The van der Waals surface area contributed by atoms with Gasteiger partial charge in [-0.25, -0.2) is 8.78 Å². The van der Waals surface area contributed by atoms with Crippen molar-refractivity contribution in [1.82, 2.24) is 9.88 Å². The first-order chi connectivity index (χ1) is 16.4. The molecule has 0 radical (unpaired) electrons. The van der Waals surface area contributed by atoms with Gasteiger partial charge in [-0.3, -0.25) is 9.59 Å². The number of nitrogens with one attached hydrogen (secondary N) is 2. The first kappa shape index (κ1) is 26.1. The van der Waals surface area contributed by atoms with Crippen LogP contribution in [0.1, 0.15) is 35.3 Å². The first-order valence-electron chi connectivity index (χ1n) is 10.8. The fourth-order valence-corrected chi connectivity index (χ4v) is 3.98. The minimum absolute atomic E-state index is 0.0108.